The summed E-state index contributed by atoms with van der Waals surface area (Å²) < 4.78 is 5.73. The summed E-state index contributed by atoms with van der Waals surface area (Å²) in [5, 5.41) is 11.1. The standard InChI is InChI=1S/C27H40N2O2/c1-21(2)24-8-6-23(7-9-24)20-29-18-15-27(30,16-19-29)14-17-28(5)25-10-12-26(13-11-25)31-22(3)4/h6-13,21-22,30H,14-20H2,1-5H3. The Morgan fingerprint density at radius 3 is 2.13 bits per heavy atom. The molecule has 0 unspecified atom stereocenters. The molecule has 4 nitrogen and oxygen atoms in total. The molecule has 31 heavy (non-hydrogen) atoms. The van der Waals surface area contributed by atoms with Gasteiger partial charge in [-0.05, 0) is 74.4 Å². The number of hydrogen-bond donors (Lipinski definition) is 1. The van der Waals surface area contributed by atoms with Gasteiger partial charge < -0.3 is 14.7 Å². The zero-order chi connectivity index (χ0) is 22.4. The highest BCUT2D eigenvalue weighted by molar-refractivity contribution is 5.48. The van der Waals surface area contributed by atoms with E-state index in [4.69, 9.17) is 4.74 Å². The molecule has 0 aliphatic carbocycles. The van der Waals surface area contributed by atoms with Crippen LogP contribution in [0.15, 0.2) is 48.5 Å². The number of aliphatic hydroxyl groups is 1. The number of piperidine rings is 1. The topological polar surface area (TPSA) is 35.9 Å². The number of hydrogen-bond acceptors (Lipinski definition) is 4. The number of nitrogens with zero attached hydrogens (tertiary/aromatic N) is 2. The minimum Gasteiger partial charge on any atom is -0.491 e. The van der Waals surface area contributed by atoms with Crippen LogP contribution in [0.3, 0.4) is 0 Å². The van der Waals surface area contributed by atoms with Gasteiger partial charge in [0.2, 0.25) is 0 Å². The molecule has 0 amide bonds. The minimum absolute atomic E-state index is 0.183. The molecule has 0 aromatic heterocycles. The predicted molar refractivity (Wildman–Crippen MR) is 130 cm³/mol. The maximum Gasteiger partial charge on any atom is 0.119 e. The normalized spacial score (nSPS) is 16.6. The Morgan fingerprint density at radius 2 is 1.58 bits per heavy atom. The van der Waals surface area contributed by atoms with E-state index in [0.717, 1.165) is 56.9 Å². The van der Waals surface area contributed by atoms with Crippen molar-refractivity contribution < 1.29 is 9.84 Å². The van der Waals surface area contributed by atoms with Crippen LogP contribution in [0.2, 0.25) is 0 Å². The number of likely N-dealkylation sites (tertiary alicyclic amines) is 1. The molecule has 0 bridgehead atoms. The van der Waals surface area contributed by atoms with Crippen molar-refractivity contribution in [3.05, 3.63) is 59.7 Å². The first-order chi connectivity index (χ1) is 14.7. The van der Waals surface area contributed by atoms with E-state index in [9.17, 15) is 5.11 Å². The highest BCUT2D eigenvalue weighted by Crippen LogP contribution is 2.28. The molecule has 2 aromatic rings. The lowest BCUT2D eigenvalue weighted by molar-refractivity contribution is -0.0275. The van der Waals surface area contributed by atoms with Crippen LogP contribution in [0.1, 0.15) is 64.0 Å². The quantitative estimate of drug-likeness (QED) is 0.581. The second-order valence-corrected chi connectivity index (χ2v) is 9.73. The number of ether oxygens (including phenoxy) is 1. The van der Waals surface area contributed by atoms with E-state index in [1.165, 1.54) is 11.1 Å². The molecule has 4 heteroatoms. The predicted octanol–water partition coefficient (Wildman–Crippen LogP) is 5.45. The van der Waals surface area contributed by atoms with Gasteiger partial charge in [0.25, 0.3) is 0 Å². The van der Waals surface area contributed by atoms with Gasteiger partial charge in [0.15, 0.2) is 0 Å². The molecule has 0 radical (unpaired) electrons. The molecule has 1 fully saturated rings. The summed E-state index contributed by atoms with van der Waals surface area (Å²) in [6.07, 6.45) is 2.66. The first-order valence-electron chi connectivity index (χ1n) is 11.8. The summed E-state index contributed by atoms with van der Waals surface area (Å²) in [4.78, 5) is 4.69. The Morgan fingerprint density at radius 1 is 0.968 bits per heavy atom. The Balaban J connectivity index is 1.44. The van der Waals surface area contributed by atoms with Crippen LogP contribution in [0, 0.1) is 0 Å². The fourth-order valence-corrected chi connectivity index (χ4v) is 4.20. The van der Waals surface area contributed by atoms with Crippen molar-refractivity contribution in [2.75, 3.05) is 31.6 Å². The van der Waals surface area contributed by atoms with Crippen LogP contribution in [0.25, 0.3) is 0 Å². The van der Waals surface area contributed by atoms with Crippen molar-refractivity contribution >= 4 is 5.69 Å². The minimum atomic E-state index is -0.563. The van der Waals surface area contributed by atoms with Crippen molar-refractivity contribution in [1.29, 1.82) is 0 Å². The van der Waals surface area contributed by atoms with E-state index >= 15 is 0 Å². The molecule has 1 N–H and O–H groups in total. The lowest BCUT2D eigenvalue weighted by atomic mass is 9.87. The third-order valence-electron chi connectivity index (χ3n) is 6.40. The van der Waals surface area contributed by atoms with Gasteiger partial charge in [-0.25, -0.2) is 0 Å². The third kappa shape index (κ3) is 6.98. The van der Waals surface area contributed by atoms with Gasteiger partial charge in [0.1, 0.15) is 5.75 Å². The monoisotopic (exact) mass is 424 g/mol. The van der Waals surface area contributed by atoms with E-state index in [-0.39, 0.29) is 6.10 Å². The fraction of sp³-hybridized carbons (Fsp3) is 0.556. The zero-order valence-corrected chi connectivity index (χ0v) is 20.0. The molecular weight excluding hydrogens is 384 g/mol. The average molecular weight is 425 g/mol. The molecule has 1 aliphatic heterocycles. The van der Waals surface area contributed by atoms with E-state index < -0.39 is 5.60 Å². The molecule has 1 saturated heterocycles. The average Bonchev–Trinajstić information content (AvgIpc) is 2.74. The Bertz CT molecular complexity index is 791. The summed E-state index contributed by atoms with van der Waals surface area (Å²) in [5.74, 6) is 1.47. The Labute approximate surface area is 188 Å². The number of benzene rings is 2. The molecule has 0 spiro atoms. The van der Waals surface area contributed by atoms with Gasteiger partial charge in [-0.2, -0.15) is 0 Å². The van der Waals surface area contributed by atoms with Crippen LogP contribution in [0.4, 0.5) is 5.69 Å². The van der Waals surface area contributed by atoms with E-state index in [1.807, 2.05) is 26.0 Å². The summed E-state index contributed by atoms with van der Waals surface area (Å²) in [6.45, 7) is 12.3. The fourth-order valence-electron chi connectivity index (χ4n) is 4.20. The first kappa shape index (κ1) is 23.6. The van der Waals surface area contributed by atoms with Crippen LogP contribution in [0.5, 0.6) is 5.75 Å². The third-order valence-corrected chi connectivity index (χ3v) is 6.40. The van der Waals surface area contributed by atoms with Crippen LogP contribution in [-0.2, 0) is 6.54 Å². The van der Waals surface area contributed by atoms with Crippen molar-refractivity contribution in [1.82, 2.24) is 4.90 Å². The van der Waals surface area contributed by atoms with Gasteiger partial charge in [-0.15, -0.1) is 0 Å². The smallest absolute Gasteiger partial charge is 0.119 e. The van der Waals surface area contributed by atoms with E-state index in [1.54, 1.807) is 0 Å². The summed E-state index contributed by atoms with van der Waals surface area (Å²) in [7, 11) is 2.09. The lowest BCUT2D eigenvalue weighted by Gasteiger charge is -2.39. The van der Waals surface area contributed by atoms with Crippen molar-refractivity contribution in [3.8, 4) is 5.75 Å². The van der Waals surface area contributed by atoms with Crippen LogP contribution in [-0.4, -0.2) is 48.4 Å². The van der Waals surface area contributed by atoms with Crippen molar-refractivity contribution in [2.24, 2.45) is 0 Å². The zero-order valence-electron chi connectivity index (χ0n) is 20.0. The molecule has 1 aliphatic rings. The molecule has 3 rings (SSSR count). The van der Waals surface area contributed by atoms with E-state index in [0.29, 0.717) is 5.92 Å². The van der Waals surface area contributed by atoms with Gasteiger partial charge in [0, 0.05) is 38.9 Å². The largest absolute Gasteiger partial charge is 0.491 e. The highest BCUT2D eigenvalue weighted by Gasteiger charge is 2.32. The van der Waals surface area contributed by atoms with E-state index in [2.05, 4.69) is 67.1 Å². The first-order valence-corrected chi connectivity index (χ1v) is 11.8. The van der Waals surface area contributed by atoms with Crippen molar-refractivity contribution in [3.63, 3.8) is 0 Å². The molecule has 0 saturated carbocycles. The maximum absolute atomic E-state index is 11.1. The second kappa shape index (κ2) is 10.5. The summed E-state index contributed by atoms with van der Waals surface area (Å²) in [6, 6.07) is 17.2. The number of anilines is 1. The second-order valence-electron chi connectivity index (χ2n) is 9.73. The molecule has 1 heterocycles. The highest BCUT2D eigenvalue weighted by atomic mass is 16.5. The maximum atomic E-state index is 11.1. The summed E-state index contributed by atoms with van der Waals surface area (Å²) in [5.41, 5.74) is 3.34. The van der Waals surface area contributed by atoms with Gasteiger partial charge >= 0.3 is 0 Å². The SMILES string of the molecule is CC(C)Oc1ccc(N(C)CCC2(O)CCN(Cc3ccc(C(C)C)cc3)CC2)cc1. The molecule has 170 valence electrons. The Hall–Kier alpha value is -2.04. The molecule has 2 aromatic carbocycles. The van der Waals surface area contributed by atoms with Crippen molar-refractivity contribution in [2.45, 2.75) is 71.1 Å². The molecular formula is C27H40N2O2. The molecule has 0 atom stereocenters. The van der Waals surface area contributed by atoms with Crippen LogP contribution < -0.4 is 9.64 Å². The number of rotatable bonds is 9. The lowest BCUT2D eigenvalue weighted by Crippen LogP contribution is -2.45. The summed E-state index contributed by atoms with van der Waals surface area (Å²) >= 11 is 0. The van der Waals surface area contributed by atoms with Gasteiger partial charge in [-0.1, -0.05) is 38.1 Å². The van der Waals surface area contributed by atoms with Gasteiger partial charge in [0.05, 0.1) is 11.7 Å². The van der Waals surface area contributed by atoms with Crippen LogP contribution >= 0.6 is 0 Å². The Kier molecular flexibility index (Phi) is 8.01. The van der Waals surface area contributed by atoms with Gasteiger partial charge in [-0.3, -0.25) is 4.90 Å².